The van der Waals surface area contributed by atoms with Crippen LogP contribution < -0.4 is 0 Å². The Bertz CT molecular complexity index is 336. The van der Waals surface area contributed by atoms with Crippen LogP contribution in [0.25, 0.3) is 0 Å². The van der Waals surface area contributed by atoms with Crippen molar-refractivity contribution >= 4 is 11.6 Å². The van der Waals surface area contributed by atoms with E-state index in [0.717, 1.165) is 18.9 Å². The van der Waals surface area contributed by atoms with Crippen LogP contribution in [0.4, 0.5) is 13.2 Å². The zero-order valence-corrected chi connectivity index (χ0v) is 8.91. The summed E-state index contributed by atoms with van der Waals surface area (Å²) in [5.74, 6) is 0. The predicted octanol–water partition coefficient (Wildman–Crippen LogP) is 3.90. The molecule has 1 heterocycles. The van der Waals surface area contributed by atoms with E-state index >= 15 is 0 Å². The normalized spacial score (nSPS) is 11.8. The molecule has 83 valence electrons. The minimum absolute atomic E-state index is 0.452. The number of pyridine rings is 1. The number of nitrogens with zero attached hydrogens (tertiary/aromatic N) is 1. The second-order valence-electron chi connectivity index (χ2n) is 3.20. The molecular weight excluding hydrogens is 227 g/mol. The lowest BCUT2D eigenvalue weighted by Gasteiger charge is -2.09. The molecule has 1 radical (unpaired) electrons. The molecule has 0 atom stereocenters. The summed E-state index contributed by atoms with van der Waals surface area (Å²) < 4.78 is 37.2. The smallest absolute Gasteiger partial charge is 0.234 e. The van der Waals surface area contributed by atoms with Crippen molar-refractivity contribution in [2.75, 3.05) is 0 Å². The maximum Gasteiger partial charge on any atom is 0.419 e. The predicted molar refractivity (Wildman–Crippen MR) is 51.7 cm³/mol. The highest BCUT2D eigenvalue weighted by Crippen LogP contribution is 2.33. The SMILES string of the molecule is CCCCc1[c]nc(Cl)c(C(F)(F)F)c1. The third kappa shape index (κ3) is 3.38. The van der Waals surface area contributed by atoms with Crippen LogP contribution in [0.1, 0.15) is 30.9 Å². The molecule has 1 aromatic heterocycles. The summed E-state index contributed by atoms with van der Waals surface area (Å²) in [6.45, 7) is 1.97. The fourth-order valence-corrected chi connectivity index (χ4v) is 1.35. The fourth-order valence-electron chi connectivity index (χ4n) is 1.14. The van der Waals surface area contributed by atoms with E-state index in [9.17, 15) is 13.2 Å². The molecule has 0 saturated carbocycles. The van der Waals surface area contributed by atoms with Gasteiger partial charge in [0.1, 0.15) is 5.15 Å². The Kier molecular flexibility index (Phi) is 3.97. The Morgan fingerprint density at radius 1 is 1.47 bits per heavy atom. The van der Waals surface area contributed by atoms with E-state index in [1.165, 1.54) is 0 Å². The molecular formula is C10H10ClF3N. The van der Waals surface area contributed by atoms with Gasteiger partial charge in [0, 0.05) is 0 Å². The summed E-state index contributed by atoms with van der Waals surface area (Å²) in [4.78, 5) is 3.42. The molecule has 0 aliphatic rings. The fraction of sp³-hybridized carbons (Fsp3) is 0.500. The number of hydrogen-bond acceptors (Lipinski definition) is 1. The molecule has 1 nitrogen and oxygen atoms in total. The minimum Gasteiger partial charge on any atom is -0.234 e. The van der Waals surface area contributed by atoms with Crippen molar-refractivity contribution in [3.8, 4) is 0 Å². The van der Waals surface area contributed by atoms with Gasteiger partial charge in [0.05, 0.1) is 11.8 Å². The topological polar surface area (TPSA) is 12.9 Å². The van der Waals surface area contributed by atoms with Crippen LogP contribution in [0.5, 0.6) is 0 Å². The molecule has 0 aromatic carbocycles. The maximum atomic E-state index is 12.4. The van der Waals surface area contributed by atoms with Gasteiger partial charge >= 0.3 is 6.18 Å². The molecule has 0 spiro atoms. The van der Waals surface area contributed by atoms with Crippen LogP contribution in [-0.4, -0.2) is 4.98 Å². The average Bonchev–Trinajstić information content (AvgIpc) is 2.15. The minimum atomic E-state index is -4.44. The zero-order valence-electron chi connectivity index (χ0n) is 8.16. The van der Waals surface area contributed by atoms with Gasteiger partial charge in [0.2, 0.25) is 0 Å². The summed E-state index contributed by atoms with van der Waals surface area (Å²) in [6, 6.07) is 1.02. The summed E-state index contributed by atoms with van der Waals surface area (Å²) in [7, 11) is 0. The average molecular weight is 237 g/mol. The molecule has 1 aromatic rings. The largest absolute Gasteiger partial charge is 0.419 e. The number of alkyl halides is 3. The van der Waals surface area contributed by atoms with E-state index < -0.39 is 16.9 Å². The third-order valence-corrected chi connectivity index (χ3v) is 2.23. The van der Waals surface area contributed by atoms with Gasteiger partial charge in [-0.3, -0.25) is 0 Å². The number of halogens is 4. The van der Waals surface area contributed by atoms with Crippen LogP contribution in [0.3, 0.4) is 0 Å². The molecule has 1 rings (SSSR count). The first kappa shape index (κ1) is 12.3. The Balaban J connectivity index is 2.95. The highest BCUT2D eigenvalue weighted by atomic mass is 35.5. The van der Waals surface area contributed by atoms with E-state index in [1.54, 1.807) is 0 Å². The summed E-state index contributed by atoms with van der Waals surface area (Å²) in [5, 5.41) is -0.539. The molecule has 5 heteroatoms. The van der Waals surface area contributed by atoms with E-state index in [0.29, 0.717) is 12.0 Å². The molecule has 0 N–H and O–H groups in total. The Morgan fingerprint density at radius 2 is 2.13 bits per heavy atom. The van der Waals surface area contributed by atoms with E-state index in [2.05, 4.69) is 11.2 Å². The van der Waals surface area contributed by atoms with Crippen LogP contribution in [-0.2, 0) is 12.6 Å². The first-order chi connectivity index (χ1) is 6.95. The third-order valence-electron chi connectivity index (χ3n) is 1.94. The van der Waals surface area contributed by atoms with Crippen LogP contribution in [0, 0.1) is 6.20 Å². The van der Waals surface area contributed by atoms with Gasteiger partial charge in [-0.15, -0.1) is 0 Å². The lowest BCUT2D eigenvalue weighted by Crippen LogP contribution is -2.08. The van der Waals surface area contributed by atoms with Crippen molar-refractivity contribution in [3.05, 3.63) is 28.5 Å². The van der Waals surface area contributed by atoms with Gasteiger partial charge in [-0.05, 0) is 24.5 Å². The summed E-state index contributed by atoms with van der Waals surface area (Å²) in [5.41, 5.74) is -0.428. The maximum absolute atomic E-state index is 12.4. The van der Waals surface area contributed by atoms with Crippen molar-refractivity contribution < 1.29 is 13.2 Å². The Hall–Kier alpha value is -0.770. The van der Waals surface area contributed by atoms with Gasteiger partial charge in [-0.1, -0.05) is 24.9 Å². The van der Waals surface area contributed by atoms with Gasteiger partial charge in [0.25, 0.3) is 0 Å². The Labute approximate surface area is 91.3 Å². The molecule has 0 unspecified atom stereocenters. The van der Waals surface area contributed by atoms with Gasteiger partial charge < -0.3 is 0 Å². The zero-order chi connectivity index (χ0) is 11.5. The number of rotatable bonds is 3. The van der Waals surface area contributed by atoms with E-state index in [1.807, 2.05) is 6.92 Å². The number of hydrogen-bond donors (Lipinski definition) is 0. The number of aromatic nitrogens is 1. The van der Waals surface area contributed by atoms with Crippen molar-refractivity contribution in [1.82, 2.24) is 4.98 Å². The van der Waals surface area contributed by atoms with Crippen LogP contribution in [0.15, 0.2) is 6.07 Å². The van der Waals surface area contributed by atoms with Crippen molar-refractivity contribution in [2.24, 2.45) is 0 Å². The molecule has 0 aliphatic carbocycles. The van der Waals surface area contributed by atoms with Crippen LogP contribution in [0.2, 0.25) is 5.15 Å². The lowest BCUT2D eigenvalue weighted by molar-refractivity contribution is -0.137. The molecule has 15 heavy (non-hydrogen) atoms. The van der Waals surface area contributed by atoms with E-state index in [-0.39, 0.29) is 0 Å². The second-order valence-corrected chi connectivity index (χ2v) is 3.56. The van der Waals surface area contributed by atoms with Gasteiger partial charge in [-0.2, -0.15) is 13.2 Å². The summed E-state index contributed by atoms with van der Waals surface area (Å²) in [6.07, 6.45) is 0.334. The quantitative estimate of drug-likeness (QED) is 0.726. The lowest BCUT2D eigenvalue weighted by atomic mass is 10.1. The highest BCUT2D eigenvalue weighted by molar-refractivity contribution is 6.30. The van der Waals surface area contributed by atoms with Crippen LogP contribution >= 0.6 is 11.6 Å². The molecule has 0 amide bonds. The first-order valence-corrected chi connectivity index (χ1v) is 4.97. The molecule has 0 bridgehead atoms. The van der Waals surface area contributed by atoms with Gasteiger partial charge in [0.15, 0.2) is 0 Å². The number of aryl methyl sites for hydroxylation is 1. The first-order valence-electron chi connectivity index (χ1n) is 4.59. The Morgan fingerprint density at radius 3 is 2.67 bits per heavy atom. The van der Waals surface area contributed by atoms with E-state index in [4.69, 9.17) is 11.6 Å². The van der Waals surface area contributed by atoms with Gasteiger partial charge in [-0.25, -0.2) is 4.98 Å². The summed E-state index contributed by atoms with van der Waals surface area (Å²) >= 11 is 5.35. The molecule has 0 fully saturated rings. The monoisotopic (exact) mass is 236 g/mol. The molecule has 0 saturated heterocycles. The molecule has 0 aliphatic heterocycles. The highest BCUT2D eigenvalue weighted by Gasteiger charge is 2.34. The standard InChI is InChI=1S/C10H10ClF3N/c1-2-3-4-7-5-8(10(12,13)14)9(11)15-6-7/h5H,2-4H2,1H3. The number of unbranched alkanes of at least 4 members (excludes halogenated alkanes) is 1. The van der Waals surface area contributed by atoms with Crippen molar-refractivity contribution in [1.29, 1.82) is 0 Å². The van der Waals surface area contributed by atoms with Crippen molar-refractivity contribution in [3.63, 3.8) is 0 Å². The van der Waals surface area contributed by atoms with Crippen molar-refractivity contribution in [2.45, 2.75) is 32.4 Å². The second kappa shape index (κ2) is 4.84.